The van der Waals surface area contributed by atoms with Crippen LogP contribution in [0.5, 0.6) is 0 Å². The van der Waals surface area contributed by atoms with E-state index in [4.69, 9.17) is 16.3 Å². The third-order valence-electron chi connectivity index (χ3n) is 9.30. The fraction of sp³-hybridized carbons (Fsp3) is 0.441. The van der Waals surface area contributed by atoms with E-state index in [1.54, 1.807) is 0 Å². The molecule has 0 radical (unpaired) electrons. The number of hydrogen-bond acceptors (Lipinski definition) is 7. The van der Waals surface area contributed by atoms with Crippen LogP contribution in [0.1, 0.15) is 55.7 Å². The van der Waals surface area contributed by atoms with Crippen LogP contribution >= 0.6 is 11.6 Å². The van der Waals surface area contributed by atoms with Crippen LogP contribution in [0.25, 0.3) is 16.8 Å². The molecule has 0 spiro atoms. The molecule has 3 N–H and O–H groups in total. The summed E-state index contributed by atoms with van der Waals surface area (Å²) in [6.07, 6.45) is -8.49. The van der Waals surface area contributed by atoms with Gasteiger partial charge in [-0.3, -0.25) is 4.68 Å². The molecular weight excluding hydrogens is 701 g/mol. The zero-order valence-corrected chi connectivity index (χ0v) is 29.9. The average Bonchev–Trinajstić information content (AvgIpc) is 3.64. The lowest BCUT2D eigenvalue weighted by molar-refractivity contribution is -0.210. The Bertz CT molecular complexity index is 1920. The number of rotatable bonds is 6. The number of halogens is 6. The van der Waals surface area contributed by atoms with Crippen LogP contribution in [0.15, 0.2) is 42.7 Å². The van der Waals surface area contributed by atoms with Gasteiger partial charge in [0.05, 0.1) is 24.1 Å². The van der Waals surface area contributed by atoms with Crippen molar-refractivity contribution in [3.63, 3.8) is 0 Å². The number of hydrogen-bond donors (Lipinski definition) is 3. The van der Waals surface area contributed by atoms with Crippen molar-refractivity contribution in [3.05, 3.63) is 82.2 Å². The van der Waals surface area contributed by atoms with Gasteiger partial charge >= 0.3 is 6.18 Å². The Morgan fingerprint density at radius 2 is 1.68 bits per heavy atom. The molecule has 1 aliphatic rings. The Morgan fingerprint density at radius 1 is 1.02 bits per heavy atom. The fourth-order valence-electron chi connectivity index (χ4n) is 5.47. The molecule has 0 bridgehead atoms. The van der Waals surface area contributed by atoms with Crippen molar-refractivity contribution in [2.75, 3.05) is 6.61 Å². The normalized spacial score (nSPS) is 21.6. The lowest BCUT2D eigenvalue weighted by Gasteiger charge is -2.42. The average molecular weight is 738 g/mol. The Morgan fingerprint density at radius 3 is 2.28 bits per heavy atom. The number of benzene rings is 2. The Kier molecular flexibility index (Phi) is 10.4. The summed E-state index contributed by atoms with van der Waals surface area (Å²) in [6.45, 7) is 11.1. The first-order chi connectivity index (χ1) is 23.2. The van der Waals surface area contributed by atoms with Crippen LogP contribution in [-0.2, 0) is 17.3 Å². The molecular formula is C34H37ClF5N5O4Si. The molecule has 2 aromatic heterocycles. The van der Waals surface area contributed by atoms with E-state index < -0.39 is 74.2 Å². The maximum atomic E-state index is 15.2. The van der Waals surface area contributed by atoms with Crippen LogP contribution in [0, 0.1) is 30.0 Å². The van der Waals surface area contributed by atoms with Crippen molar-refractivity contribution in [1.29, 1.82) is 0 Å². The summed E-state index contributed by atoms with van der Waals surface area (Å²) in [6, 6.07) is 3.81. The second kappa shape index (κ2) is 13.8. The van der Waals surface area contributed by atoms with E-state index in [0.29, 0.717) is 0 Å². The van der Waals surface area contributed by atoms with Gasteiger partial charge in [-0.25, -0.2) is 18.4 Å². The molecule has 0 saturated carbocycles. The van der Waals surface area contributed by atoms with Gasteiger partial charge in [0.25, 0.3) is 0 Å². The molecule has 1 aliphatic heterocycles. The van der Waals surface area contributed by atoms with Crippen molar-refractivity contribution in [2.45, 2.75) is 88.9 Å². The largest absolute Gasteiger partial charge is 0.418 e. The van der Waals surface area contributed by atoms with Crippen molar-refractivity contribution >= 4 is 19.7 Å². The van der Waals surface area contributed by atoms with Gasteiger partial charge in [0.15, 0.2) is 5.82 Å². The molecule has 3 heterocycles. The Hall–Kier alpha value is -3.65. The van der Waals surface area contributed by atoms with Crippen LogP contribution in [0.4, 0.5) is 22.0 Å². The first kappa shape index (κ1) is 37.6. The van der Waals surface area contributed by atoms with E-state index in [1.807, 2.05) is 0 Å². The SMILES string of the molecule is Cc1nc([C@@H]2OC(CO)[C@H](O)[C@H](n3cc(-c4cc(F)c(CC#C[Si](C)(C)C(C)(C)C)c(F)c4)cn3)C2O)n(-c2cc(Cl)ccc2C(F)(F)F)n1. The third kappa shape index (κ3) is 7.37. The number of aromatic nitrogens is 5. The van der Waals surface area contributed by atoms with Gasteiger partial charge in [-0.1, -0.05) is 45.5 Å². The number of nitrogens with zero attached hydrogens (tertiary/aromatic N) is 5. The molecule has 0 amide bonds. The summed E-state index contributed by atoms with van der Waals surface area (Å²) in [5.41, 5.74) is 1.85. The minimum absolute atomic E-state index is 0.0204. The van der Waals surface area contributed by atoms with E-state index in [1.165, 1.54) is 19.3 Å². The monoisotopic (exact) mass is 737 g/mol. The van der Waals surface area contributed by atoms with Gasteiger partial charge in [-0.2, -0.15) is 23.4 Å². The topological polar surface area (TPSA) is 118 Å². The lowest BCUT2D eigenvalue weighted by Crippen LogP contribution is -2.53. The minimum atomic E-state index is -4.81. The van der Waals surface area contributed by atoms with E-state index in [-0.39, 0.29) is 44.8 Å². The lowest BCUT2D eigenvalue weighted by atomic mass is 9.92. The molecule has 16 heteroatoms. The van der Waals surface area contributed by atoms with Crippen LogP contribution in [0.3, 0.4) is 0 Å². The Balaban J connectivity index is 1.48. The number of alkyl halides is 3. The third-order valence-corrected chi connectivity index (χ3v) is 14.1. The fourth-order valence-corrected chi connectivity index (χ4v) is 6.54. The Labute approximate surface area is 291 Å². The number of aliphatic hydroxyl groups is 3. The molecule has 2 unspecified atom stereocenters. The maximum absolute atomic E-state index is 15.2. The van der Waals surface area contributed by atoms with Gasteiger partial charge in [-0.05, 0) is 47.9 Å². The predicted octanol–water partition coefficient (Wildman–Crippen LogP) is 6.38. The molecule has 1 fully saturated rings. The molecule has 9 nitrogen and oxygen atoms in total. The highest BCUT2D eigenvalue weighted by atomic mass is 35.5. The number of ether oxygens (including phenoxy) is 1. The molecule has 50 heavy (non-hydrogen) atoms. The molecule has 4 aromatic rings. The predicted molar refractivity (Wildman–Crippen MR) is 178 cm³/mol. The summed E-state index contributed by atoms with van der Waals surface area (Å²) in [5, 5.41) is 41.1. The van der Waals surface area contributed by atoms with Crippen LogP contribution < -0.4 is 0 Å². The van der Waals surface area contributed by atoms with Gasteiger partial charge in [0.1, 0.15) is 56.0 Å². The summed E-state index contributed by atoms with van der Waals surface area (Å²) >= 11 is 6.05. The number of aliphatic hydroxyl groups excluding tert-OH is 3. The molecule has 1 saturated heterocycles. The minimum Gasteiger partial charge on any atom is -0.394 e. The van der Waals surface area contributed by atoms with Crippen molar-refractivity contribution in [3.8, 4) is 28.3 Å². The van der Waals surface area contributed by atoms with Crippen molar-refractivity contribution in [2.24, 2.45) is 0 Å². The standard InChI is InChI=1S/C34H37ClF5N5O4Si/c1-18-42-32(45(43-18)26-14-21(35)9-10-23(26)34(38,39)40)31-30(48)28(29(47)27(17-46)49-31)44-16-20(15-41-44)19-12-24(36)22(25(37)13-19)8-7-11-50(5,6)33(2,3)4/h9-10,12-16,27-31,46-48H,8,17H2,1-6H3/t27?,28-,29-,30?,31+/m0/s1. The second-order valence-corrected chi connectivity index (χ2v) is 19.3. The maximum Gasteiger partial charge on any atom is 0.418 e. The summed E-state index contributed by atoms with van der Waals surface area (Å²) in [7, 11) is -1.99. The van der Waals surface area contributed by atoms with Gasteiger partial charge in [0.2, 0.25) is 0 Å². The van der Waals surface area contributed by atoms with Gasteiger partial charge < -0.3 is 20.1 Å². The van der Waals surface area contributed by atoms with Crippen LogP contribution in [0.2, 0.25) is 23.2 Å². The quantitative estimate of drug-likeness (QED) is 0.120. The molecule has 5 rings (SSSR count). The summed E-state index contributed by atoms with van der Waals surface area (Å²) < 4.78 is 80.3. The van der Waals surface area contributed by atoms with E-state index in [2.05, 4.69) is 60.5 Å². The number of aryl methyl sites for hydroxylation is 1. The molecule has 2 aromatic carbocycles. The summed E-state index contributed by atoms with van der Waals surface area (Å²) in [4.78, 5) is 4.24. The zero-order valence-electron chi connectivity index (χ0n) is 28.1. The van der Waals surface area contributed by atoms with Crippen molar-refractivity contribution < 1.29 is 42.0 Å². The first-order valence-corrected chi connectivity index (χ1v) is 19.1. The highest BCUT2D eigenvalue weighted by Crippen LogP contribution is 2.41. The van der Waals surface area contributed by atoms with Gasteiger partial charge in [0, 0.05) is 28.8 Å². The van der Waals surface area contributed by atoms with Crippen molar-refractivity contribution in [1.82, 2.24) is 24.5 Å². The van der Waals surface area contributed by atoms with Crippen LogP contribution in [-0.4, -0.2) is 72.9 Å². The highest BCUT2D eigenvalue weighted by molar-refractivity contribution is 6.87. The van der Waals surface area contributed by atoms with E-state index >= 15 is 8.78 Å². The molecule has 0 aliphatic carbocycles. The highest BCUT2D eigenvalue weighted by Gasteiger charge is 2.48. The first-order valence-electron chi connectivity index (χ1n) is 15.7. The zero-order chi connectivity index (χ0) is 36.9. The summed E-state index contributed by atoms with van der Waals surface area (Å²) in [5.74, 6) is 1.11. The van der Waals surface area contributed by atoms with Gasteiger partial charge in [-0.15, -0.1) is 11.5 Å². The molecule has 268 valence electrons. The molecule has 5 atom stereocenters. The van der Waals surface area contributed by atoms with E-state index in [9.17, 15) is 28.5 Å². The second-order valence-electron chi connectivity index (χ2n) is 13.8. The van der Waals surface area contributed by atoms with E-state index in [0.717, 1.165) is 39.7 Å². The smallest absolute Gasteiger partial charge is 0.394 e.